The third kappa shape index (κ3) is 4.58. The molecule has 1 fully saturated rings. The van der Waals surface area contributed by atoms with E-state index in [9.17, 15) is 9.59 Å². The van der Waals surface area contributed by atoms with Gasteiger partial charge in [-0.05, 0) is 18.9 Å². The lowest BCUT2D eigenvalue weighted by Gasteiger charge is -2.41. The van der Waals surface area contributed by atoms with Crippen molar-refractivity contribution in [3.63, 3.8) is 0 Å². The number of para-hydroxylation sites is 1. The first-order valence-corrected chi connectivity index (χ1v) is 10.1. The van der Waals surface area contributed by atoms with Crippen LogP contribution in [-0.4, -0.2) is 45.1 Å². The number of methoxy groups -OCH3 is 1. The molecule has 0 radical (unpaired) electrons. The van der Waals surface area contributed by atoms with Gasteiger partial charge in [0.1, 0.15) is 12.1 Å². The molecule has 1 N–H and O–H groups in total. The Hall–Kier alpha value is -2.90. The predicted molar refractivity (Wildman–Crippen MR) is 108 cm³/mol. The van der Waals surface area contributed by atoms with Crippen molar-refractivity contribution in [3.8, 4) is 5.75 Å². The van der Waals surface area contributed by atoms with Gasteiger partial charge in [-0.15, -0.1) is 10.2 Å². The number of likely N-dealkylation sites (tertiary alicyclic amines) is 1. The molecule has 8 heteroatoms. The Morgan fingerprint density at radius 2 is 2.14 bits per heavy atom. The molecule has 156 valence electrons. The molecule has 29 heavy (non-hydrogen) atoms. The second kappa shape index (κ2) is 9.54. The van der Waals surface area contributed by atoms with Crippen LogP contribution in [0.3, 0.4) is 0 Å². The van der Waals surface area contributed by atoms with Crippen molar-refractivity contribution >= 4 is 11.8 Å². The molecule has 1 aliphatic rings. The van der Waals surface area contributed by atoms with Gasteiger partial charge in [-0.2, -0.15) is 0 Å². The van der Waals surface area contributed by atoms with Crippen LogP contribution in [0, 0.1) is 5.92 Å². The number of hydrogen-bond acceptors (Lipinski definition) is 5. The fourth-order valence-electron chi connectivity index (χ4n) is 3.88. The molecule has 0 spiro atoms. The van der Waals surface area contributed by atoms with Crippen molar-refractivity contribution in [1.29, 1.82) is 0 Å². The highest BCUT2D eigenvalue weighted by molar-refractivity contribution is 5.85. The van der Waals surface area contributed by atoms with Gasteiger partial charge in [0, 0.05) is 25.6 Å². The second-order valence-corrected chi connectivity index (χ2v) is 7.35. The summed E-state index contributed by atoms with van der Waals surface area (Å²) in [5.74, 6) is 1.03. The number of piperidine rings is 1. The van der Waals surface area contributed by atoms with Crippen molar-refractivity contribution in [2.24, 2.45) is 13.0 Å². The van der Waals surface area contributed by atoms with Crippen molar-refractivity contribution in [2.75, 3.05) is 13.7 Å². The maximum Gasteiger partial charge on any atom is 0.225 e. The number of nitrogens with one attached hydrogen (secondary N) is 1. The van der Waals surface area contributed by atoms with Crippen LogP contribution in [0.4, 0.5) is 0 Å². The number of aromatic nitrogens is 3. The van der Waals surface area contributed by atoms with Crippen LogP contribution in [0.5, 0.6) is 5.75 Å². The molecule has 0 bridgehead atoms. The topological polar surface area (TPSA) is 89.4 Å². The average Bonchev–Trinajstić information content (AvgIpc) is 3.15. The van der Waals surface area contributed by atoms with Gasteiger partial charge in [-0.1, -0.05) is 31.5 Å². The average molecular weight is 399 g/mol. The van der Waals surface area contributed by atoms with Crippen LogP contribution in [0.1, 0.15) is 50.0 Å². The van der Waals surface area contributed by atoms with Crippen LogP contribution in [0.25, 0.3) is 0 Å². The smallest absolute Gasteiger partial charge is 0.225 e. The monoisotopic (exact) mass is 399 g/mol. The summed E-state index contributed by atoms with van der Waals surface area (Å²) in [6, 6.07) is 7.29. The molecule has 3 rings (SSSR count). The van der Waals surface area contributed by atoms with Gasteiger partial charge in [0.2, 0.25) is 11.8 Å². The third-order valence-corrected chi connectivity index (χ3v) is 5.48. The van der Waals surface area contributed by atoms with E-state index in [1.54, 1.807) is 18.0 Å². The molecule has 1 aromatic heterocycles. The van der Waals surface area contributed by atoms with Crippen LogP contribution in [-0.2, 0) is 23.2 Å². The molecule has 8 nitrogen and oxygen atoms in total. The first-order chi connectivity index (χ1) is 14.1. The zero-order valence-corrected chi connectivity index (χ0v) is 17.3. The predicted octanol–water partition coefficient (Wildman–Crippen LogP) is 2.22. The van der Waals surface area contributed by atoms with E-state index in [0.29, 0.717) is 37.5 Å². The van der Waals surface area contributed by atoms with Crippen molar-refractivity contribution in [3.05, 3.63) is 42.0 Å². The van der Waals surface area contributed by atoms with Gasteiger partial charge < -0.3 is 19.5 Å². The fraction of sp³-hybridized carbons (Fsp3) is 0.524. The molecule has 1 aromatic carbocycles. The van der Waals surface area contributed by atoms with Crippen molar-refractivity contribution in [2.45, 2.75) is 45.2 Å². The summed E-state index contributed by atoms with van der Waals surface area (Å²) >= 11 is 0. The molecular formula is C21H29N5O3. The van der Waals surface area contributed by atoms with Gasteiger partial charge in [-0.25, -0.2) is 0 Å². The molecule has 2 amide bonds. The Morgan fingerprint density at radius 1 is 1.34 bits per heavy atom. The van der Waals surface area contributed by atoms with E-state index >= 15 is 0 Å². The van der Waals surface area contributed by atoms with Crippen LogP contribution >= 0.6 is 0 Å². The molecule has 2 aromatic rings. The van der Waals surface area contributed by atoms with Gasteiger partial charge >= 0.3 is 0 Å². The maximum absolute atomic E-state index is 13.2. The van der Waals surface area contributed by atoms with E-state index in [2.05, 4.69) is 22.4 Å². The minimum Gasteiger partial charge on any atom is -0.496 e. The number of amides is 2. The normalized spacial score (nSPS) is 19.3. The van der Waals surface area contributed by atoms with E-state index in [-0.39, 0.29) is 23.8 Å². The highest BCUT2D eigenvalue weighted by Gasteiger charge is 2.41. The summed E-state index contributed by atoms with van der Waals surface area (Å²) in [5, 5.41) is 10.8. The van der Waals surface area contributed by atoms with E-state index in [4.69, 9.17) is 4.74 Å². The Bertz CT molecular complexity index is 850. The molecule has 0 saturated carbocycles. The molecule has 2 atom stereocenters. The summed E-state index contributed by atoms with van der Waals surface area (Å²) in [6.07, 6.45) is 4.35. The zero-order valence-electron chi connectivity index (χ0n) is 17.3. The lowest BCUT2D eigenvalue weighted by Crippen LogP contribution is -2.48. The molecule has 0 unspecified atom stereocenters. The van der Waals surface area contributed by atoms with E-state index in [0.717, 1.165) is 18.4 Å². The van der Waals surface area contributed by atoms with Gasteiger partial charge in [0.25, 0.3) is 0 Å². The molecular weight excluding hydrogens is 370 g/mol. The Balaban J connectivity index is 1.89. The number of aryl methyl sites for hydroxylation is 1. The Labute approximate surface area is 171 Å². The summed E-state index contributed by atoms with van der Waals surface area (Å²) in [4.78, 5) is 27.8. The highest BCUT2D eigenvalue weighted by atomic mass is 16.5. The molecule has 2 heterocycles. The second-order valence-electron chi connectivity index (χ2n) is 7.35. The van der Waals surface area contributed by atoms with Gasteiger partial charge in [0.15, 0.2) is 5.82 Å². The van der Waals surface area contributed by atoms with Crippen molar-refractivity contribution < 1.29 is 14.3 Å². The maximum atomic E-state index is 13.2. The Morgan fingerprint density at radius 3 is 2.83 bits per heavy atom. The lowest BCUT2D eigenvalue weighted by atomic mass is 9.83. The molecule has 1 aliphatic heterocycles. The first-order valence-electron chi connectivity index (χ1n) is 10.1. The number of benzene rings is 1. The summed E-state index contributed by atoms with van der Waals surface area (Å²) in [6.45, 7) is 3.02. The number of ether oxygens (including phenoxy) is 1. The number of carbonyl (C=O) groups is 2. The number of hydrogen-bond donors (Lipinski definition) is 1. The van der Waals surface area contributed by atoms with Crippen LogP contribution < -0.4 is 10.1 Å². The van der Waals surface area contributed by atoms with Gasteiger partial charge in [0.05, 0.1) is 25.6 Å². The van der Waals surface area contributed by atoms with Crippen LogP contribution in [0.15, 0.2) is 30.6 Å². The molecule has 0 aliphatic carbocycles. The quantitative estimate of drug-likeness (QED) is 0.735. The Kier molecular flexibility index (Phi) is 6.85. The zero-order chi connectivity index (χ0) is 20.8. The van der Waals surface area contributed by atoms with E-state index in [1.165, 1.54) is 0 Å². The summed E-state index contributed by atoms with van der Waals surface area (Å²) < 4.78 is 7.33. The first kappa shape index (κ1) is 20.8. The van der Waals surface area contributed by atoms with Gasteiger partial charge in [-0.3, -0.25) is 9.59 Å². The van der Waals surface area contributed by atoms with Crippen molar-refractivity contribution in [1.82, 2.24) is 25.0 Å². The fourth-order valence-corrected chi connectivity index (χ4v) is 3.88. The lowest BCUT2D eigenvalue weighted by molar-refractivity contribution is -0.143. The number of rotatable bonds is 8. The number of nitrogens with zero attached hydrogens (tertiary/aromatic N) is 4. The minimum atomic E-state index is -0.353. The largest absolute Gasteiger partial charge is 0.496 e. The third-order valence-electron chi connectivity index (χ3n) is 5.48. The van der Waals surface area contributed by atoms with E-state index < -0.39 is 0 Å². The number of carbonyl (C=O) groups excluding carboxylic acids is 2. The molecule has 1 saturated heterocycles. The van der Waals surface area contributed by atoms with E-state index in [1.807, 2.05) is 36.2 Å². The minimum absolute atomic E-state index is 0.0853. The number of unbranched alkanes of at least 4 members (excludes halogenated alkanes) is 1. The highest BCUT2D eigenvalue weighted by Crippen LogP contribution is 2.40. The van der Waals surface area contributed by atoms with Crippen LogP contribution in [0.2, 0.25) is 0 Å². The standard InChI is InChI=1S/C21H29N5O3/c1-4-5-12-26-19(27)11-10-16(20(26)15-8-6-7-9-17(15)29-3)21(28)22-13-18-24-23-14-25(18)2/h6-9,14,16,20H,4-5,10-13H2,1-3H3,(H,22,28)/t16-,20+/m0/s1. The SMILES string of the molecule is CCCCN1C(=O)CC[C@H](C(=O)NCc2nncn2C)[C@H]1c1ccccc1OC. The summed E-state index contributed by atoms with van der Waals surface area (Å²) in [7, 11) is 3.45. The summed E-state index contributed by atoms with van der Waals surface area (Å²) in [5.41, 5.74) is 0.873.